The van der Waals surface area contributed by atoms with Crippen LogP contribution in [0.2, 0.25) is 0 Å². The van der Waals surface area contributed by atoms with Gasteiger partial charge in [-0.05, 0) is 18.2 Å². The van der Waals surface area contributed by atoms with Crippen LogP contribution in [0.4, 0.5) is 5.69 Å². The number of benzene rings is 1. The van der Waals surface area contributed by atoms with Crippen LogP contribution in [0, 0.1) is 0 Å². The van der Waals surface area contributed by atoms with Crippen LogP contribution in [-0.2, 0) is 14.8 Å². The van der Waals surface area contributed by atoms with Gasteiger partial charge in [0.05, 0.1) is 6.61 Å². The molecular weight excluding hydrogens is 294 g/mol. The molecule has 0 bridgehead atoms. The molecule has 0 saturated carbocycles. The summed E-state index contributed by atoms with van der Waals surface area (Å²) < 4.78 is 32.3. The predicted octanol–water partition coefficient (Wildman–Crippen LogP) is 0.180. The lowest BCUT2D eigenvalue weighted by Gasteiger charge is -2.20. The SMILES string of the molecule is Nc1ccc2c(S(=O)(=O)NCC3(O)CCOC3)c[nH]c2c1. The molecule has 0 aliphatic carbocycles. The van der Waals surface area contributed by atoms with Gasteiger partial charge in [-0.3, -0.25) is 0 Å². The number of aromatic amines is 1. The van der Waals surface area contributed by atoms with Gasteiger partial charge in [-0.15, -0.1) is 0 Å². The fourth-order valence-electron chi connectivity index (χ4n) is 2.38. The summed E-state index contributed by atoms with van der Waals surface area (Å²) in [4.78, 5) is 3.03. The first-order valence-corrected chi connectivity index (χ1v) is 8.04. The Morgan fingerprint density at radius 3 is 3.00 bits per heavy atom. The minimum Gasteiger partial charge on any atom is -0.399 e. The van der Waals surface area contributed by atoms with Crippen molar-refractivity contribution in [2.45, 2.75) is 16.9 Å². The van der Waals surface area contributed by atoms with Crippen LogP contribution in [0.15, 0.2) is 29.3 Å². The van der Waals surface area contributed by atoms with Gasteiger partial charge in [0.25, 0.3) is 0 Å². The van der Waals surface area contributed by atoms with Crippen LogP contribution in [0.1, 0.15) is 6.42 Å². The lowest BCUT2D eigenvalue weighted by atomic mass is 10.1. The van der Waals surface area contributed by atoms with Crippen molar-refractivity contribution >= 4 is 26.6 Å². The van der Waals surface area contributed by atoms with Gasteiger partial charge in [0.2, 0.25) is 10.0 Å². The van der Waals surface area contributed by atoms with Crippen LogP contribution in [0.25, 0.3) is 10.9 Å². The number of H-pyrrole nitrogens is 1. The largest absolute Gasteiger partial charge is 0.399 e. The number of nitrogens with two attached hydrogens (primary N) is 1. The van der Waals surface area contributed by atoms with Crippen LogP contribution in [0.3, 0.4) is 0 Å². The van der Waals surface area contributed by atoms with Gasteiger partial charge in [0, 0.05) is 42.4 Å². The summed E-state index contributed by atoms with van der Waals surface area (Å²) in [6.07, 6.45) is 1.83. The third kappa shape index (κ3) is 2.75. The number of anilines is 1. The van der Waals surface area contributed by atoms with E-state index in [4.69, 9.17) is 10.5 Å². The third-order valence-corrected chi connectivity index (χ3v) is 5.07. The van der Waals surface area contributed by atoms with Crippen molar-refractivity contribution in [1.82, 2.24) is 9.71 Å². The highest BCUT2D eigenvalue weighted by molar-refractivity contribution is 7.89. The zero-order valence-electron chi connectivity index (χ0n) is 11.3. The van der Waals surface area contributed by atoms with E-state index in [9.17, 15) is 13.5 Å². The molecule has 8 heteroatoms. The first-order chi connectivity index (χ1) is 9.90. The number of aromatic nitrogens is 1. The predicted molar refractivity (Wildman–Crippen MR) is 78.3 cm³/mol. The Morgan fingerprint density at radius 2 is 2.29 bits per heavy atom. The van der Waals surface area contributed by atoms with E-state index >= 15 is 0 Å². The van der Waals surface area contributed by atoms with E-state index in [2.05, 4.69) is 9.71 Å². The summed E-state index contributed by atoms with van der Waals surface area (Å²) in [5, 5.41) is 10.7. The van der Waals surface area contributed by atoms with E-state index in [-0.39, 0.29) is 18.0 Å². The maximum Gasteiger partial charge on any atom is 0.242 e. The minimum absolute atomic E-state index is 0.0724. The molecule has 1 atom stereocenters. The number of nitrogens with one attached hydrogen (secondary N) is 2. The van der Waals surface area contributed by atoms with E-state index in [1.54, 1.807) is 18.2 Å². The van der Waals surface area contributed by atoms with E-state index in [1.165, 1.54) is 6.20 Å². The van der Waals surface area contributed by atoms with Gasteiger partial charge in [-0.2, -0.15) is 0 Å². The van der Waals surface area contributed by atoms with Crippen molar-refractivity contribution in [3.05, 3.63) is 24.4 Å². The average molecular weight is 311 g/mol. The molecular formula is C13H17N3O4S. The van der Waals surface area contributed by atoms with Gasteiger partial charge < -0.3 is 20.6 Å². The normalized spacial score (nSPS) is 22.9. The first kappa shape index (κ1) is 14.3. The Balaban J connectivity index is 1.86. The highest BCUT2D eigenvalue weighted by Gasteiger charge is 2.34. The Bertz CT molecular complexity index is 763. The zero-order chi connectivity index (χ0) is 15.1. The molecule has 0 spiro atoms. The lowest BCUT2D eigenvalue weighted by molar-refractivity contribution is 0.0314. The molecule has 1 fully saturated rings. The summed E-state index contributed by atoms with van der Waals surface area (Å²) in [5.74, 6) is 0. The molecule has 1 unspecified atom stereocenters. The molecule has 1 aromatic heterocycles. The Labute approximate surface area is 122 Å². The number of hydrogen-bond acceptors (Lipinski definition) is 5. The molecule has 1 aromatic carbocycles. The van der Waals surface area contributed by atoms with Gasteiger partial charge in [0.1, 0.15) is 10.5 Å². The topological polar surface area (TPSA) is 117 Å². The molecule has 3 rings (SSSR count). The number of hydrogen-bond donors (Lipinski definition) is 4. The first-order valence-electron chi connectivity index (χ1n) is 6.56. The number of aliphatic hydroxyl groups is 1. The number of rotatable bonds is 4. The highest BCUT2D eigenvalue weighted by atomic mass is 32.2. The van der Waals surface area contributed by atoms with Crippen LogP contribution >= 0.6 is 0 Å². The van der Waals surface area contributed by atoms with Crippen LogP contribution in [0.5, 0.6) is 0 Å². The van der Waals surface area contributed by atoms with Crippen molar-refractivity contribution in [1.29, 1.82) is 0 Å². The van der Waals surface area contributed by atoms with Crippen molar-refractivity contribution < 1.29 is 18.3 Å². The van der Waals surface area contributed by atoms with Gasteiger partial charge in [-0.25, -0.2) is 13.1 Å². The summed E-state index contributed by atoms with van der Waals surface area (Å²) >= 11 is 0. The maximum absolute atomic E-state index is 12.4. The van der Waals surface area contributed by atoms with E-state index in [0.29, 0.717) is 29.6 Å². The second-order valence-corrected chi connectivity index (χ2v) is 7.04. The molecule has 114 valence electrons. The Hall–Kier alpha value is -1.61. The Kier molecular flexibility index (Phi) is 3.40. The molecule has 2 aromatic rings. The summed E-state index contributed by atoms with van der Waals surface area (Å²) in [5.41, 5.74) is 5.74. The summed E-state index contributed by atoms with van der Waals surface area (Å²) in [6, 6.07) is 4.98. The Morgan fingerprint density at radius 1 is 1.48 bits per heavy atom. The quantitative estimate of drug-likeness (QED) is 0.601. The van der Waals surface area contributed by atoms with E-state index < -0.39 is 15.6 Å². The maximum atomic E-state index is 12.4. The number of sulfonamides is 1. The van der Waals surface area contributed by atoms with Crippen LogP contribution in [-0.4, -0.2) is 43.9 Å². The van der Waals surface area contributed by atoms with E-state index in [0.717, 1.165) is 0 Å². The van der Waals surface area contributed by atoms with Gasteiger partial charge >= 0.3 is 0 Å². The number of ether oxygens (including phenoxy) is 1. The minimum atomic E-state index is -3.72. The second kappa shape index (κ2) is 4.99. The van der Waals surface area contributed by atoms with Gasteiger partial charge in [-0.1, -0.05) is 0 Å². The van der Waals surface area contributed by atoms with E-state index in [1.807, 2.05) is 0 Å². The molecule has 21 heavy (non-hydrogen) atoms. The fraction of sp³-hybridized carbons (Fsp3) is 0.385. The lowest BCUT2D eigenvalue weighted by Crippen LogP contribution is -2.43. The van der Waals surface area contributed by atoms with Crippen LogP contribution < -0.4 is 10.5 Å². The summed E-state index contributed by atoms with van der Waals surface area (Å²) in [7, 11) is -3.72. The zero-order valence-corrected chi connectivity index (χ0v) is 12.1. The average Bonchev–Trinajstić information content (AvgIpc) is 3.03. The third-order valence-electron chi connectivity index (χ3n) is 3.63. The smallest absolute Gasteiger partial charge is 0.242 e. The molecule has 1 aliphatic heterocycles. The highest BCUT2D eigenvalue weighted by Crippen LogP contribution is 2.25. The van der Waals surface area contributed by atoms with Crippen molar-refractivity contribution in [3.8, 4) is 0 Å². The number of fused-ring (bicyclic) bond motifs is 1. The summed E-state index contributed by atoms with van der Waals surface area (Å²) in [6.45, 7) is 0.501. The second-order valence-electron chi connectivity index (χ2n) is 5.31. The van der Waals surface area contributed by atoms with Crippen molar-refractivity contribution in [2.75, 3.05) is 25.5 Å². The molecule has 1 aliphatic rings. The molecule has 7 nitrogen and oxygen atoms in total. The van der Waals surface area contributed by atoms with Gasteiger partial charge in [0.15, 0.2) is 0 Å². The van der Waals surface area contributed by atoms with Crippen molar-refractivity contribution in [3.63, 3.8) is 0 Å². The molecule has 0 amide bonds. The fourth-order valence-corrected chi connectivity index (χ4v) is 3.68. The van der Waals surface area contributed by atoms with Crippen molar-refractivity contribution in [2.24, 2.45) is 0 Å². The molecule has 2 heterocycles. The molecule has 5 N–H and O–H groups in total. The molecule has 1 saturated heterocycles. The standard InChI is InChI=1S/C13H17N3O4S/c14-9-1-2-10-11(5-9)15-6-12(10)21(18,19)16-7-13(17)3-4-20-8-13/h1-2,5-6,15-17H,3-4,7-8,14H2. The molecule has 0 radical (unpaired) electrons. The monoisotopic (exact) mass is 311 g/mol. The number of nitrogen functional groups attached to an aromatic ring is 1.